The molecule has 2 heterocycles. The molecule has 0 atom stereocenters. The van der Waals surface area contributed by atoms with Crippen LogP contribution in [-0.2, 0) is 0 Å². The third-order valence-corrected chi connectivity index (χ3v) is 3.24. The molecule has 2 aromatic rings. The Bertz CT molecular complexity index is 533. The minimum atomic E-state index is -0.329. The van der Waals surface area contributed by atoms with Crippen molar-refractivity contribution in [1.29, 1.82) is 0 Å². The maximum atomic E-state index is 11.4. The van der Waals surface area contributed by atoms with Gasteiger partial charge in [-0.15, -0.1) is 11.3 Å². The Morgan fingerprint density at radius 2 is 2.38 bits per heavy atom. The molecule has 5 heteroatoms. The molecule has 0 radical (unpaired) electrons. The van der Waals surface area contributed by atoms with Crippen LogP contribution in [0, 0.1) is 6.92 Å². The normalized spacial score (nSPS) is 10.1. The number of nitrogens with zero attached hydrogens (tertiary/aromatic N) is 3. The Morgan fingerprint density at radius 1 is 1.56 bits per heavy atom. The molecule has 0 aliphatic heterocycles. The van der Waals surface area contributed by atoms with E-state index in [2.05, 4.69) is 21.7 Å². The van der Waals surface area contributed by atoms with Gasteiger partial charge >= 0.3 is 0 Å². The zero-order valence-corrected chi connectivity index (χ0v) is 9.49. The largest absolute Gasteiger partial charge is 0.288 e. The fraction of sp³-hybridized carbons (Fsp3) is 0.0909. The molecule has 0 fully saturated rings. The third kappa shape index (κ3) is 1.90. The summed E-state index contributed by atoms with van der Waals surface area (Å²) in [5.41, 5.74) is 1.58. The maximum Gasteiger partial charge on any atom is 0.288 e. The summed E-state index contributed by atoms with van der Waals surface area (Å²) in [5.74, 6) is -0.329. The van der Waals surface area contributed by atoms with Crippen LogP contribution in [0.4, 0.5) is 0 Å². The van der Waals surface area contributed by atoms with E-state index in [4.69, 9.17) is 0 Å². The van der Waals surface area contributed by atoms with Gasteiger partial charge in [0.05, 0.1) is 5.69 Å². The van der Waals surface area contributed by atoms with E-state index < -0.39 is 0 Å². The molecule has 80 valence electrons. The molecular weight excluding hydrogens is 222 g/mol. The highest BCUT2D eigenvalue weighted by molar-refractivity contribution is 7.17. The summed E-state index contributed by atoms with van der Waals surface area (Å²) >= 11 is 1.31. The second-order valence-electron chi connectivity index (χ2n) is 3.14. The van der Waals surface area contributed by atoms with Crippen LogP contribution in [-0.4, -0.2) is 22.6 Å². The van der Waals surface area contributed by atoms with E-state index in [0.29, 0.717) is 10.6 Å². The van der Waals surface area contributed by atoms with Gasteiger partial charge < -0.3 is 0 Å². The van der Waals surface area contributed by atoms with Crippen molar-refractivity contribution in [1.82, 2.24) is 9.97 Å². The van der Waals surface area contributed by atoms with Gasteiger partial charge in [0.1, 0.15) is 9.88 Å². The SMILES string of the molecule is C=NC(=O)c1sc(-c2cccnc2)nc1C. The van der Waals surface area contributed by atoms with Gasteiger partial charge in [-0.25, -0.2) is 9.98 Å². The Kier molecular flexibility index (Phi) is 2.87. The van der Waals surface area contributed by atoms with Crippen molar-refractivity contribution in [2.75, 3.05) is 0 Å². The number of carbonyl (C=O) groups excluding carboxylic acids is 1. The Hall–Kier alpha value is -1.88. The molecule has 2 rings (SSSR count). The van der Waals surface area contributed by atoms with Gasteiger partial charge in [-0.3, -0.25) is 9.78 Å². The highest BCUT2D eigenvalue weighted by Crippen LogP contribution is 2.27. The minimum Gasteiger partial charge on any atom is -0.266 e. The number of aryl methyl sites for hydroxylation is 1. The van der Waals surface area contributed by atoms with Crippen LogP contribution in [0.5, 0.6) is 0 Å². The molecule has 0 unspecified atom stereocenters. The van der Waals surface area contributed by atoms with Crippen molar-refractivity contribution in [2.24, 2.45) is 4.99 Å². The van der Waals surface area contributed by atoms with Crippen molar-refractivity contribution in [3.63, 3.8) is 0 Å². The number of carbonyl (C=O) groups is 1. The van der Waals surface area contributed by atoms with Crippen LogP contribution in [0.15, 0.2) is 29.5 Å². The van der Waals surface area contributed by atoms with Gasteiger partial charge in [0.2, 0.25) is 0 Å². The van der Waals surface area contributed by atoms with Crippen LogP contribution in [0.25, 0.3) is 10.6 Å². The average Bonchev–Trinajstić information content (AvgIpc) is 2.71. The van der Waals surface area contributed by atoms with E-state index >= 15 is 0 Å². The number of aromatic nitrogens is 2. The average molecular weight is 231 g/mol. The van der Waals surface area contributed by atoms with Crippen LogP contribution in [0.3, 0.4) is 0 Å². The summed E-state index contributed by atoms with van der Waals surface area (Å²) in [6.07, 6.45) is 3.41. The highest BCUT2D eigenvalue weighted by atomic mass is 32.1. The summed E-state index contributed by atoms with van der Waals surface area (Å²) in [5, 5.41) is 0.776. The molecule has 0 aliphatic rings. The maximum absolute atomic E-state index is 11.4. The number of rotatable bonds is 2. The van der Waals surface area contributed by atoms with E-state index in [-0.39, 0.29) is 5.91 Å². The van der Waals surface area contributed by atoms with Gasteiger partial charge in [0.25, 0.3) is 5.91 Å². The van der Waals surface area contributed by atoms with Crippen LogP contribution >= 0.6 is 11.3 Å². The molecule has 0 saturated heterocycles. The van der Waals surface area contributed by atoms with Gasteiger partial charge in [0.15, 0.2) is 0 Å². The summed E-state index contributed by atoms with van der Waals surface area (Å²) in [4.78, 5) is 23.7. The lowest BCUT2D eigenvalue weighted by molar-refractivity contribution is 0.101. The summed E-state index contributed by atoms with van der Waals surface area (Å²) in [6, 6.07) is 3.74. The van der Waals surface area contributed by atoms with E-state index in [1.165, 1.54) is 11.3 Å². The Labute approximate surface area is 96.7 Å². The lowest BCUT2D eigenvalue weighted by Crippen LogP contribution is -1.91. The second kappa shape index (κ2) is 4.32. The first kappa shape index (κ1) is 10.6. The molecule has 0 aliphatic carbocycles. The third-order valence-electron chi connectivity index (χ3n) is 2.04. The van der Waals surface area contributed by atoms with Gasteiger partial charge in [-0.05, 0) is 25.8 Å². The summed E-state index contributed by atoms with van der Waals surface area (Å²) in [6.45, 7) is 5.01. The number of hydrogen-bond acceptors (Lipinski definition) is 4. The first-order valence-corrected chi connectivity index (χ1v) is 5.43. The van der Waals surface area contributed by atoms with Gasteiger partial charge in [0, 0.05) is 18.0 Å². The minimum absolute atomic E-state index is 0.329. The fourth-order valence-electron chi connectivity index (χ4n) is 1.28. The zero-order valence-electron chi connectivity index (χ0n) is 8.67. The van der Waals surface area contributed by atoms with Gasteiger partial charge in [-0.2, -0.15) is 0 Å². The Morgan fingerprint density at radius 3 is 3.00 bits per heavy atom. The molecule has 0 spiro atoms. The Balaban J connectivity index is 2.46. The van der Waals surface area contributed by atoms with E-state index in [9.17, 15) is 4.79 Å². The number of hydrogen-bond donors (Lipinski definition) is 0. The fourth-order valence-corrected chi connectivity index (χ4v) is 2.24. The van der Waals surface area contributed by atoms with Crippen molar-refractivity contribution in [2.45, 2.75) is 6.92 Å². The zero-order chi connectivity index (χ0) is 11.5. The lowest BCUT2D eigenvalue weighted by atomic mass is 10.3. The highest BCUT2D eigenvalue weighted by Gasteiger charge is 2.14. The number of thiazole rings is 1. The summed E-state index contributed by atoms with van der Waals surface area (Å²) < 4.78 is 0. The van der Waals surface area contributed by atoms with Crippen molar-refractivity contribution < 1.29 is 4.79 Å². The van der Waals surface area contributed by atoms with Crippen molar-refractivity contribution >= 4 is 24.0 Å². The van der Waals surface area contributed by atoms with Crippen molar-refractivity contribution in [3.8, 4) is 10.6 Å². The van der Waals surface area contributed by atoms with Crippen LogP contribution < -0.4 is 0 Å². The molecular formula is C11H9N3OS. The number of amides is 1. The first-order valence-electron chi connectivity index (χ1n) is 4.61. The molecule has 0 N–H and O–H groups in total. The smallest absolute Gasteiger partial charge is 0.266 e. The second-order valence-corrected chi connectivity index (χ2v) is 4.14. The molecule has 0 aromatic carbocycles. The first-order chi connectivity index (χ1) is 7.72. The number of pyridine rings is 1. The molecule has 2 aromatic heterocycles. The predicted molar refractivity (Wildman–Crippen MR) is 64.0 cm³/mol. The lowest BCUT2D eigenvalue weighted by Gasteiger charge is -1.91. The number of aliphatic imine (C=N–C) groups is 1. The topological polar surface area (TPSA) is 55.2 Å². The molecule has 1 amide bonds. The summed E-state index contributed by atoms with van der Waals surface area (Å²) in [7, 11) is 0. The molecule has 0 bridgehead atoms. The quantitative estimate of drug-likeness (QED) is 0.745. The van der Waals surface area contributed by atoms with Crippen LogP contribution in [0.2, 0.25) is 0 Å². The molecule has 0 saturated carbocycles. The van der Waals surface area contributed by atoms with Gasteiger partial charge in [-0.1, -0.05) is 0 Å². The van der Waals surface area contributed by atoms with Crippen molar-refractivity contribution in [3.05, 3.63) is 35.1 Å². The standard InChI is InChI=1S/C11H9N3OS/c1-7-9(10(15)12-2)16-11(14-7)8-4-3-5-13-6-8/h3-6H,2H2,1H3. The van der Waals surface area contributed by atoms with E-state index in [0.717, 1.165) is 10.6 Å². The van der Waals surface area contributed by atoms with E-state index in [1.807, 2.05) is 12.1 Å². The predicted octanol–water partition coefficient (Wildman–Crippen LogP) is 2.35. The van der Waals surface area contributed by atoms with E-state index in [1.54, 1.807) is 19.3 Å². The van der Waals surface area contributed by atoms with Crippen LogP contribution in [0.1, 0.15) is 15.4 Å². The molecule has 4 nitrogen and oxygen atoms in total. The molecule has 16 heavy (non-hydrogen) atoms. The monoisotopic (exact) mass is 231 g/mol.